The fraction of sp³-hybridized carbons (Fsp3) is 0.722. The molecular formula is C18H29N5O2. The molecule has 7 nitrogen and oxygen atoms in total. The molecule has 2 aliphatic rings. The summed E-state index contributed by atoms with van der Waals surface area (Å²) in [7, 11) is 1.81. The van der Waals surface area contributed by atoms with Gasteiger partial charge in [-0.25, -0.2) is 9.97 Å². The van der Waals surface area contributed by atoms with Gasteiger partial charge in [-0.3, -0.25) is 4.79 Å². The van der Waals surface area contributed by atoms with E-state index in [9.17, 15) is 9.90 Å². The lowest BCUT2D eigenvalue weighted by atomic mass is 10.0. The number of anilines is 2. The number of carbonyl (C=O) groups excluding carboxylic acids is 1. The Morgan fingerprint density at radius 1 is 1.40 bits per heavy atom. The molecular weight excluding hydrogens is 318 g/mol. The SMILES string of the molecule is CNc1cc(N2CCC(O)(CNC(=O)CCC3CCCC3)C2)ncn1. The highest BCUT2D eigenvalue weighted by Gasteiger charge is 2.37. The molecule has 0 aromatic carbocycles. The minimum Gasteiger partial charge on any atom is -0.386 e. The molecule has 138 valence electrons. The third-order valence-electron chi connectivity index (χ3n) is 5.43. The summed E-state index contributed by atoms with van der Waals surface area (Å²) >= 11 is 0. The van der Waals surface area contributed by atoms with Gasteiger partial charge in [-0.2, -0.15) is 0 Å². The van der Waals surface area contributed by atoms with Gasteiger partial charge in [0.25, 0.3) is 0 Å². The van der Waals surface area contributed by atoms with Crippen LogP contribution in [0.5, 0.6) is 0 Å². The Balaban J connectivity index is 1.45. The first-order valence-corrected chi connectivity index (χ1v) is 9.32. The summed E-state index contributed by atoms with van der Waals surface area (Å²) in [6, 6.07) is 1.87. The Kier molecular flexibility index (Phi) is 5.73. The molecule has 7 heteroatoms. The fourth-order valence-corrected chi connectivity index (χ4v) is 3.84. The van der Waals surface area contributed by atoms with Gasteiger partial charge in [0, 0.05) is 39.2 Å². The highest BCUT2D eigenvalue weighted by Crippen LogP contribution is 2.29. The summed E-state index contributed by atoms with van der Waals surface area (Å²) < 4.78 is 0. The van der Waals surface area contributed by atoms with Gasteiger partial charge in [-0.05, 0) is 18.8 Å². The highest BCUT2D eigenvalue weighted by molar-refractivity contribution is 5.76. The maximum atomic E-state index is 12.1. The lowest BCUT2D eigenvalue weighted by Crippen LogP contribution is -2.45. The first kappa shape index (κ1) is 17.9. The first-order valence-electron chi connectivity index (χ1n) is 9.32. The summed E-state index contributed by atoms with van der Waals surface area (Å²) in [4.78, 5) is 22.5. The molecule has 1 aromatic heterocycles. The van der Waals surface area contributed by atoms with Gasteiger partial charge < -0.3 is 20.6 Å². The van der Waals surface area contributed by atoms with Crippen molar-refractivity contribution in [3.05, 3.63) is 12.4 Å². The number of aliphatic hydroxyl groups is 1. The van der Waals surface area contributed by atoms with Gasteiger partial charge in [0.15, 0.2) is 0 Å². The minimum atomic E-state index is -0.895. The molecule has 0 radical (unpaired) electrons. The highest BCUT2D eigenvalue weighted by atomic mass is 16.3. The average molecular weight is 347 g/mol. The van der Waals surface area contributed by atoms with E-state index in [1.807, 2.05) is 18.0 Å². The number of amides is 1. The molecule has 1 unspecified atom stereocenters. The van der Waals surface area contributed by atoms with Gasteiger partial charge in [-0.15, -0.1) is 0 Å². The smallest absolute Gasteiger partial charge is 0.220 e. The Hall–Kier alpha value is -1.89. The predicted octanol–water partition coefficient (Wildman–Crippen LogP) is 1.55. The van der Waals surface area contributed by atoms with E-state index in [2.05, 4.69) is 20.6 Å². The van der Waals surface area contributed by atoms with Crippen LogP contribution in [0.3, 0.4) is 0 Å². The minimum absolute atomic E-state index is 0.0540. The first-order chi connectivity index (χ1) is 12.1. The molecule has 1 saturated carbocycles. The third-order valence-corrected chi connectivity index (χ3v) is 5.43. The van der Waals surface area contributed by atoms with Crippen molar-refractivity contribution in [1.82, 2.24) is 15.3 Å². The van der Waals surface area contributed by atoms with Crippen molar-refractivity contribution in [3.63, 3.8) is 0 Å². The maximum Gasteiger partial charge on any atom is 0.220 e. The average Bonchev–Trinajstić information content (AvgIpc) is 3.28. The van der Waals surface area contributed by atoms with E-state index >= 15 is 0 Å². The Morgan fingerprint density at radius 3 is 2.96 bits per heavy atom. The second kappa shape index (κ2) is 7.99. The number of aromatic nitrogens is 2. The molecule has 3 N–H and O–H groups in total. The van der Waals surface area contributed by atoms with Crippen LogP contribution in [0.25, 0.3) is 0 Å². The Bertz CT molecular complexity index is 591. The number of nitrogens with one attached hydrogen (secondary N) is 2. The van der Waals surface area contributed by atoms with Crippen LogP contribution in [0, 0.1) is 5.92 Å². The van der Waals surface area contributed by atoms with Gasteiger partial charge >= 0.3 is 0 Å². The zero-order chi connectivity index (χ0) is 17.7. The van der Waals surface area contributed by atoms with Crippen molar-refractivity contribution in [2.45, 2.75) is 50.5 Å². The summed E-state index contributed by atoms with van der Waals surface area (Å²) in [5, 5.41) is 16.7. The molecule has 1 saturated heterocycles. The molecule has 2 heterocycles. The second-order valence-electron chi connectivity index (χ2n) is 7.37. The van der Waals surface area contributed by atoms with Crippen molar-refractivity contribution in [2.24, 2.45) is 5.92 Å². The van der Waals surface area contributed by atoms with Crippen molar-refractivity contribution in [3.8, 4) is 0 Å². The molecule has 1 aromatic rings. The van der Waals surface area contributed by atoms with Crippen molar-refractivity contribution in [2.75, 3.05) is 36.9 Å². The molecule has 1 atom stereocenters. The van der Waals surface area contributed by atoms with Crippen LogP contribution < -0.4 is 15.5 Å². The molecule has 25 heavy (non-hydrogen) atoms. The van der Waals surface area contributed by atoms with Crippen LogP contribution in [0.2, 0.25) is 0 Å². The van der Waals surface area contributed by atoms with Crippen molar-refractivity contribution >= 4 is 17.5 Å². The number of rotatable bonds is 7. The van der Waals surface area contributed by atoms with E-state index in [0.29, 0.717) is 32.5 Å². The molecule has 1 aliphatic heterocycles. The molecule has 3 rings (SSSR count). The van der Waals surface area contributed by atoms with Crippen LogP contribution in [0.15, 0.2) is 12.4 Å². The zero-order valence-corrected chi connectivity index (χ0v) is 15.0. The largest absolute Gasteiger partial charge is 0.386 e. The topological polar surface area (TPSA) is 90.4 Å². The number of β-amino-alcohol motifs (C(OH)–C–C–N with tert-alkyl or cyclic N) is 1. The van der Waals surface area contributed by atoms with Crippen molar-refractivity contribution in [1.29, 1.82) is 0 Å². The fourth-order valence-electron chi connectivity index (χ4n) is 3.84. The molecule has 0 spiro atoms. The zero-order valence-electron chi connectivity index (χ0n) is 15.0. The Morgan fingerprint density at radius 2 is 2.20 bits per heavy atom. The lowest BCUT2D eigenvalue weighted by molar-refractivity contribution is -0.122. The lowest BCUT2D eigenvalue weighted by Gasteiger charge is -2.24. The van der Waals surface area contributed by atoms with E-state index in [4.69, 9.17) is 0 Å². The molecule has 0 bridgehead atoms. The van der Waals surface area contributed by atoms with Crippen LogP contribution in [0.4, 0.5) is 11.6 Å². The van der Waals surface area contributed by atoms with E-state index < -0.39 is 5.60 Å². The van der Waals surface area contributed by atoms with Crippen molar-refractivity contribution < 1.29 is 9.90 Å². The summed E-state index contributed by atoms with van der Waals surface area (Å²) in [5.74, 6) is 2.32. The molecule has 1 amide bonds. The summed E-state index contributed by atoms with van der Waals surface area (Å²) in [6.07, 6.45) is 8.82. The number of hydrogen-bond donors (Lipinski definition) is 3. The monoisotopic (exact) mass is 347 g/mol. The molecule has 2 fully saturated rings. The molecule has 1 aliphatic carbocycles. The standard InChI is InChI=1S/C18H29N5O2/c1-19-15-10-16(22-13-21-15)23-9-8-18(25,12-23)11-20-17(24)7-6-14-4-2-3-5-14/h10,13-14,25H,2-9,11-12H2,1H3,(H,20,24)(H,19,21,22). The van der Waals surface area contributed by atoms with E-state index in [1.54, 1.807) is 0 Å². The van der Waals surface area contributed by atoms with Crippen LogP contribution in [0.1, 0.15) is 44.9 Å². The van der Waals surface area contributed by atoms with E-state index in [-0.39, 0.29) is 5.91 Å². The predicted molar refractivity (Wildman–Crippen MR) is 97.6 cm³/mol. The second-order valence-corrected chi connectivity index (χ2v) is 7.37. The quantitative estimate of drug-likeness (QED) is 0.693. The number of carbonyl (C=O) groups is 1. The van der Waals surface area contributed by atoms with Gasteiger partial charge in [0.2, 0.25) is 5.91 Å². The number of nitrogens with zero attached hydrogens (tertiary/aromatic N) is 3. The Labute approximate surface area is 149 Å². The summed E-state index contributed by atoms with van der Waals surface area (Å²) in [6.45, 7) is 1.49. The van der Waals surface area contributed by atoms with Crippen LogP contribution >= 0.6 is 0 Å². The van der Waals surface area contributed by atoms with Gasteiger partial charge in [0.1, 0.15) is 23.6 Å². The number of hydrogen-bond acceptors (Lipinski definition) is 6. The van der Waals surface area contributed by atoms with E-state index in [0.717, 1.165) is 24.0 Å². The third kappa shape index (κ3) is 4.81. The van der Waals surface area contributed by atoms with Gasteiger partial charge in [0.05, 0.1) is 0 Å². The van der Waals surface area contributed by atoms with Crippen LogP contribution in [-0.4, -0.2) is 53.3 Å². The van der Waals surface area contributed by atoms with Crippen LogP contribution in [-0.2, 0) is 4.79 Å². The van der Waals surface area contributed by atoms with E-state index in [1.165, 1.54) is 32.0 Å². The summed E-state index contributed by atoms with van der Waals surface area (Å²) in [5.41, 5.74) is -0.895. The van der Waals surface area contributed by atoms with Gasteiger partial charge in [-0.1, -0.05) is 25.7 Å². The normalized spacial score (nSPS) is 23.8. The maximum absolute atomic E-state index is 12.1.